The smallest absolute Gasteiger partial charge is 0.482 e. The van der Waals surface area contributed by atoms with Crippen LogP contribution in [0.4, 0.5) is 27.5 Å². The topological polar surface area (TPSA) is 217 Å². The predicted molar refractivity (Wildman–Crippen MR) is 321 cm³/mol. The number of esters is 3. The van der Waals surface area contributed by atoms with Crippen molar-refractivity contribution in [1.82, 2.24) is 0 Å². The zero-order chi connectivity index (χ0) is 60.0. The second-order valence-corrected chi connectivity index (χ2v) is 17.9. The van der Waals surface area contributed by atoms with Crippen molar-refractivity contribution in [1.29, 1.82) is 15.8 Å². The number of anilines is 4. The molecule has 0 bridgehead atoms. The summed E-state index contributed by atoms with van der Waals surface area (Å²) >= 11 is 0. The van der Waals surface area contributed by atoms with E-state index in [1.165, 1.54) is 6.92 Å². The third-order valence-corrected chi connectivity index (χ3v) is 11.4. The van der Waals surface area contributed by atoms with Crippen molar-refractivity contribution in [3.8, 4) is 29.7 Å². The van der Waals surface area contributed by atoms with Gasteiger partial charge in [0.1, 0.15) is 37.9 Å². The van der Waals surface area contributed by atoms with Gasteiger partial charge in [-0.05, 0) is 93.6 Å². The molecule has 6 rings (SSSR count). The highest BCUT2D eigenvalue weighted by Gasteiger charge is 2.13. The Morgan fingerprint density at radius 3 is 1.00 bits per heavy atom. The first kappa shape index (κ1) is 67.5. The van der Waals surface area contributed by atoms with Crippen molar-refractivity contribution < 1.29 is 52.3 Å². The van der Waals surface area contributed by atoms with Gasteiger partial charge in [-0.15, -0.1) is 0 Å². The first-order valence-corrected chi connectivity index (χ1v) is 27.4. The average molecular weight is 1130 g/mol. The van der Waals surface area contributed by atoms with Gasteiger partial charge < -0.3 is 52.8 Å². The average Bonchev–Trinajstić information content (AvgIpc) is 3.51. The molecule has 0 aliphatic heterocycles. The molecule has 438 valence electrons. The summed E-state index contributed by atoms with van der Waals surface area (Å²) in [6, 6.07) is 64.1. The standard InChI is InChI=1S/C19H20N2O3.C18H21NO3.C15H20N2O3.C13H16N2O2/c20-12-7-13-21(17-8-3-1-4-9-17)14-15-23-19(22)16-24-18-10-5-2-6-11-18;1-2-19(16-9-5-3-6-10-16)13-14-21-18(20)15-22-17-11-7-4-8-12-17;1-13(2)20-15(18)19-12-11-17(10-6-9-16)14-7-4-3-5-8-14;1-12(16)17-11-10-15(9-5-8-14)13-6-3-2-4-7-13/h1-6,8-11H,7,13-16H2;3-12H,2,13-15H2,1H3;3-5,7-8,13H,6,10-12H2,1-2H3;2-4,6-7H,5,9-11H2,1H3. The summed E-state index contributed by atoms with van der Waals surface area (Å²) < 4.78 is 35.9. The molecule has 18 nitrogen and oxygen atoms in total. The Kier molecular flexibility index (Phi) is 35.1. The number of para-hydroxylation sites is 6. The fourth-order valence-corrected chi connectivity index (χ4v) is 7.40. The van der Waals surface area contributed by atoms with E-state index in [-0.39, 0.29) is 44.5 Å². The molecule has 0 spiro atoms. The maximum Gasteiger partial charge on any atom is 0.508 e. The molecule has 0 unspecified atom stereocenters. The van der Waals surface area contributed by atoms with Gasteiger partial charge in [-0.2, -0.15) is 15.8 Å². The molecule has 0 amide bonds. The lowest BCUT2D eigenvalue weighted by Gasteiger charge is -2.23. The SMILES string of the molecule is CC(=O)OCCN(CCC#N)c1ccccc1.CC(C)OC(=O)OCCN(CCC#N)c1ccccc1.CCN(CCOC(=O)COc1ccccc1)c1ccccc1.N#CCCN(CCOC(=O)COc1ccccc1)c1ccccc1. The Balaban J connectivity index is 0.000000292. The molecular weight excluding hydrogens is 1050 g/mol. The maximum absolute atomic E-state index is 11.7. The van der Waals surface area contributed by atoms with E-state index in [0.29, 0.717) is 89.8 Å². The quantitative estimate of drug-likeness (QED) is 0.0302. The first-order valence-electron chi connectivity index (χ1n) is 27.4. The van der Waals surface area contributed by atoms with Gasteiger partial charge in [0.15, 0.2) is 13.2 Å². The molecule has 83 heavy (non-hydrogen) atoms. The van der Waals surface area contributed by atoms with E-state index >= 15 is 0 Å². The van der Waals surface area contributed by atoms with Crippen LogP contribution in [-0.4, -0.2) is 122 Å². The number of ether oxygens (including phenoxy) is 7. The van der Waals surface area contributed by atoms with Crippen LogP contribution < -0.4 is 29.1 Å². The Labute approximate surface area is 489 Å². The summed E-state index contributed by atoms with van der Waals surface area (Å²) in [7, 11) is 0. The zero-order valence-electron chi connectivity index (χ0n) is 48.0. The lowest BCUT2D eigenvalue weighted by molar-refractivity contribution is -0.146. The maximum atomic E-state index is 11.7. The van der Waals surface area contributed by atoms with Crippen molar-refractivity contribution >= 4 is 46.8 Å². The molecule has 0 heterocycles. The lowest BCUT2D eigenvalue weighted by Crippen LogP contribution is -2.30. The minimum absolute atomic E-state index is 0.0680. The molecule has 0 fully saturated rings. The van der Waals surface area contributed by atoms with Crippen LogP contribution in [0.5, 0.6) is 11.5 Å². The fourth-order valence-electron chi connectivity index (χ4n) is 7.40. The van der Waals surface area contributed by atoms with Crippen LogP contribution in [0.2, 0.25) is 0 Å². The largest absolute Gasteiger partial charge is 0.508 e. The Hall–Kier alpha value is -9.73. The summed E-state index contributed by atoms with van der Waals surface area (Å²) in [6.45, 7) is 13.0. The minimum atomic E-state index is -0.659. The first-order chi connectivity index (χ1) is 40.5. The van der Waals surface area contributed by atoms with Gasteiger partial charge in [0.25, 0.3) is 0 Å². The number of benzene rings is 6. The van der Waals surface area contributed by atoms with Crippen LogP contribution in [0, 0.1) is 34.0 Å². The van der Waals surface area contributed by atoms with Gasteiger partial charge in [0, 0.05) is 55.9 Å². The van der Waals surface area contributed by atoms with E-state index in [2.05, 4.69) is 30.0 Å². The molecule has 0 N–H and O–H groups in total. The number of carbonyl (C=O) groups excluding carboxylic acids is 4. The highest BCUT2D eigenvalue weighted by atomic mass is 16.7. The van der Waals surface area contributed by atoms with Crippen molar-refractivity contribution in [2.24, 2.45) is 0 Å². The van der Waals surface area contributed by atoms with Gasteiger partial charge in [-0.3, -0.25) is 4.79 Å². The van der Waals surface area contributed by atoms with E-state index in [0.717, 1.165) is 29.3 Å². The molecule has 0 saturated carbocycles. The summed E-state index contributed by atoms with van der Waals surface area (Å²) in [5.74, 6) is 0.256. The van der Waals surface area contributed by atoms with Gasteiger partial charge in [0.2, 0.25) is 0 Å². The van der Waals surface area contributed by atoms with Crippen LogP contribution in [0.3, 0.4) is 0 Å². The second-order valence-electron chi connectivity index (χ2n) is 17.9. The molecule has 0 aliphatic rings. The Bertz CT molecular complexity index is 2800. The van der Waals surface area contributed by atoms with Crippen molar-refractivity contribution in [2.45, 2.75) is 53.1 Å². The van der Waals surface area contributed by atoms with Crippen LogP contribution in [0.1, 0.15) is 47.0 Å². The number of nitrogens with zero attached hydrogens (tertiary/aromatic N) is 7. The summed E-state index contributed by atoms with van der Waals surface area (Å²) in [5, 5.41) is 26.1. The number of hydrogen-bond acceptors (Lipinski definition) is 18. The molecular formula is C65H77N7O11. The van der Waals surface area contributed by atoms with E-state index in [1.807, 2.05) is 185 Å². The summed E-state index contributed by atoms with van der Waals surface area (Å²) in [4.78, 5) is 53.6. The number of carbonyl (C=O) groups is 4. The molecule has 0 radical (unpaired) electrons. The molecule has 0 atom stereocenters. The number of hydrogen-bond donors (Lipinski definition) is 0. The third kappa shape index (κ3) is 31.6. The highest BCUT2D eigenvalue weighted by Crippen LogP contribution is 2.17. The number of nitriles is 3. The third-order valence-electron chi connectivity index (χ3n) is 11.4. The molecule has 0 saturated heterocycles. The second kappa shape index (κ2) is 43.1. The predicted octanol–water partition coefficient (Wildman–Crippen LogP) is 11.1. The number of rotatable bonds is 30. The normalized spacial score (nSPS) is 9.81. The van der Waals surface area contributed by atoms with Gasteiger partial charge in [-0.25, -0.2) is 14.4 Å². The van der Waals surface area contributed by atoms with Crippen molar-refractivity contribution in [2.75, 3.05) is 112 Å². The molecule has 6 aromatic rings. The highest BCUT2D eigenvalue weighted by molar-refractivity contribution is 5.71. The molecule has 6 aromatic carbocycles. The Morgan fingerprint density at radius 2 is 0.699 bits per heavy atom. The fraction of sp³-hybridized carbons (Fsp3) is 0.338. The van der Waals surface area contributed by atoms with E-state index in [9.17, 15) is 19.2 Å². The van der Waals surface area contributed by atoms with Crippen LogP contribution in [-0.2, 0) is 38.1 Å². The van der Waals surface area contributed by atoms with E-state index < -0.39 is 12.1 Å². The molecule has 0 aliphatic carbocycles. The molecule has 0 aromatic heterocycles. The van der Waals surface area contributed by atoms with Crippen molar-refractivity contribution in [3.63, 3.8) is 0 Å². The van der Waals surface area contributed by atoms with Crippen LogP contribution >= 0.6 is 0 Å². The summed E-state index contributed by atoms with van der Waals surface area (Å²) in [5.41, 5.74) is 4.17. The lowest BCUT2D eigenvalue weighted by atomic mass is 10.2. The van der Waals surface area contributed by atoms with Crippen molar-refractivity contribution in [3.05, 3.63) is 182 Å². The van der Waals surface area contributed by atoms with Gasteiger partial charge in [0.05, 0.1) is 69.8 Å². The van der Waals surface area contributed by atoms with Crippen LogP contribution in [0.25, 0.3) is 0 Å². The number of likely N-dealkylation sites (N-methyl/N-ethyl adjacent to an activating group) is 1. The van der Waals surface area contributed by atoms with Gasteiger partial charge >= 0.3 is 24.1 Å². The minimum Gasteiger partial charge on any atom is -0.482 e. The zero-order valence-corrected chi connectivity index (χ0v) is 48.0. The molecule has 18 heteroatoms. The van der Waals surface area contributed by atoms with E-state index in [1.54, 1.807) is 26.0 Å². The van der Waals surface area contributed by atoms with Gasteiger partial charge in [-0.1, -0.05) is 109 Å². The monoisotopic (exact) mass is 1130 g/mol. The summed E-state index contributed by atoms with van der Waals surface area (Å²) in [6.07, 6.45) is 0.444. The van der Waals surface area contributed by atoms with Crippen LogP contribution in [0.15, 0.2) is 182 Å². The Morgan fingerprint density at radius 1 is 0.410 bits per heavy atom. The van der Waals surface area contributed by atoms with E-state index in [4.69, 9.17) is 48.9 Å².